The summed E-state index contributed by atoms with van der Waals surface area (Å²) >= 11 is 3.33. The summed E-state index contributed by atoms with van der Waals surface area (Å²) in [6.45, 7) is 10.1. The Hall–Kier alpha value is -3.60. The van der Waals surface area contributed by atoms with E-state index in [0.717, 1.165) is 50.7 Å². The minimum absolute atomic E-state index is 0.0483. The number of aryl methyl sites for hydroxylation is 1. The number of β-lactam (4-membered cyclic amide) rings is 1. The van der Waals surface area contributed by atoms with E-state index in [2.05, 4.69) is 52.2 Å². The number of nitrogens with one attached hydrogen (secondary N) is 1. The molecule has 5 heterocycles. The molecule has 3 fully saturated rings. The van der Waals surface area contributed by atoms with E-state index in [1.165, 1.54) is 28.4 Å². The quantitative estimate of drug-likeness (QED) is 0.0697. The van der Waals surface area contributed by atoms with Gasteiger partial charge in [0.25, 0.3) is 5.91 Å². The number of tetrazole rings is 1. The van der Waals surface area contributed by atoms with Crippen LogP contribution >= 0.6 is 35.1 Å². The summed E-state index contributed by atoms with van der Waals surface area (Å²) in [7, 11) is 2.12. The van der Waals surface area contributed by atoms with Gasteiger partial charge in [0.15, 0.2) is 5.13 Å². The van der Waals surface area contributed by atoms with Crippen molar-refractivity contribution >= 4 is 69.7 Å². The zero-order valence-corrected chi connectivity index (χ0v) is 30.1. The van der Waals surface area contributed by atoms with Crippen molar-refractivity contribution in [3.05, 3.63) is 5.82 Å². The summed E-state index contributed by atoms with van der Waals surface area (Å²) in [5.41, 5.74) is 3.29. The van der Waals surface area contributed by atoms with Crippen molar-refractivity contribution in [2.24, 2.45) is 10.6 Å². The predicted molar refractivity (Wildman–Crippen MR) is 180 cm³/mol. The Kier molecular flexibility index (Phi) is 11.6. The number of hydrogen-bond donors (Lipinski definition) is 3. The number of esters is 1. The molecule has 19 nitrogen and oxygen atoms in total. The number of aliphatic carboxylic acids is 1. The summed E-state index contributed by atoms with van der Waals surface area (Å²) in [5, 5.41) is 28.8. The molecular weight excluding hydrogens is 701 g/mol. The van der Waals surface area contributed by atoms with Crippen LogP contribution in [0.1, 0.15) is 33.0 Å². The van der Waals surface area contributed by atoms with Gasteiger partial charge in [0.1, 0.15) is 22.4 Å². The minimum atomic E-state index is -1.27. The van der Waals surface area contributed by atoms with Crippen LogP contribution in [-0.4, -0.2) is 160 Å². The summed E-state index contributed by atoms with van der Waals surface area (Å²) in [4.78, 5) is 66.4. The molecule has 4 N–H and O–H groups in total. The average Bonchev–Trinajstić information content (AvgIpc) is 3.69. The number of anilines is 1. The molecule has 22 heteroatoms. The normalized spacial score (nSPS) is 23.5. The molecule has 3 saturated heterocycles. The third kappa shape index (κ3) is 9.15. The van der Waals surface area contributed by atoms with E-state index in [-0.39, 0.29) is 34.7 Å². The van der Waals surface area contributed by atoms with Crippen molar-refractivity contribution in [3.8, 4) is 0 Å². The first-order valence-corrected chi connectivity index (χ1v) is 18.3. The molecule has 2 aromatic heterocycles. The van der Waals surface area contributed by atoms with Gasteiger partial charge in [-0.25, -0.2) is 9.48 Å². The Labute approximate surface area is 294 Å². The fraction of sp³-hybridized carbons (Fsp3) is 0.704. The Bertz CT molecular complexity index is 1560. The molecule has 0 saturated carbocycles. The lowest BCUT2D eigenvalue weighted by Crippen LogP contribution is -2.74. The number of carboxylic acid groups (broad SMARTS) is 1. The molecule has 0 bridgehead atoms. The van der Waals surface area contributed by atoms with Gasteiger partial charge in [0.2, 0.25) is 29.2 Å². The maximum Gasteiger partial charge on any atom is 0.347 e. The van der Waals surface area contributed by atoms with Crippen molar-refractivity contribution < 1.29 is 33.9 Å². The standard InChI is InChI=1S/C27H40N12O7S3/c1-26(2,3)46-16(40)12-45-32-17(19-30-24(28)49-33-19)20(41)29-18-21(42)38-13-27(23(43)44,14-47-22(18)38)15-48-25-31-34-35-39(25)7-5-6-37-10-8-36(4)9-11-37/h18,22H,5-15H2,1-4H3,(H,29,41)(H,43,44)(H2,28,30,33)/t18?,22-,27?/m1/s1. The number of fused-ring (bicyclic) bond motifs is 1. The number of ether oxygens (including phenoxy) is 1. The van der Waals surface area contributed by atoms with Gasteiger partial charge in [-0.2, -0.15) is 9.36 Å². The molecule has 0 aliphatic carbocycles. The number of aromatic nitrogens is 6. The number of nitrogen functional groups attached to an aromatic ring is 1. The zero-order valence-electron chi connectivity index (χ0n) is 27.6. The third-order valence-electron chi connectivity index (χ3n) is 7.93. The number of nitrogens with two attached hydrogens (primary N) is 1. The third-order valence-corrected chi connectivity index (χ3v) is 11.3. The predicted octanol–water partition coefficient (Wildman–Crippen LogP) is -0.930. The number of hydrogen-bond acceptors (Lipinski definition) is 18. The number of carbonyl (C=O) groups excluding carboxylic acids is 3. The van der Waals surface area contributed by atoms with E-state index >= 15 is 0 Å². The molecule has 49 heavy (non-hydrogen) atoms. The molecule has 3 atom stereocenters. The fourth-order valence-electron chi connectivity index (χ4n) is 5.31. The molecule has 0 aromatic carbocycles. The van der Waals surface area contributed by atoms with Gasteiger partial charge in [-0.15, -0.1) is 16.9 Å². The van der Waals surface area contributed by atoms with Crippen LogP contribution in [0.2, 0.25) is 0 Å². The summed E-state index contributed by atoms with van der Waals surface area (Å²) in [6, 6.07) is -0.961. The number of rotatable bonds is 14. The maximum atomic E-state index is 13.3. The second kappa shape index (κ2) is 15.5. The summed E-state index contributed by atoms with van der Waals surface area (Å²) < 4.78 is 10.9. The molecule has 3 aliphatic heterocycles. The molecule has 0 spiro atoms. The Morgan fingerprint density at radius 3 is 2.63 bits per heavy atom. The lowest BCUT2D eigenvalue weighted by molar-refractivity contribution is -0.160. The van der Waals surface area contributed by atoms with Crippen molar-refractivity contribution in [1.82, 2.24) is 49.6 Å². The van der Waals surface area contributed by atoms with Gasteiger partial charge in [-0.1, -0.05) is 16.9 Å². The number of carbonyl (C=O) groups is 4. The van der Waals surface area contributed by atoms with Crippen molar-refractivity contribution in [1.29, 1.82) is 0 Å². The number of nitrogens with zero attached hydrogens (tertiary/aromatic N) is 10. The molecule has 2 unspecified atom stereocenters. The summed E-state index contributed by atoms with van der Waals surface area (Å²) in [6.07, 6.45) is 0.855. The first-order chi connectivity index (χ1) is 23.2. The topological polar surface area (TPSA) is 236 Å². The molecule has 5 rings (SSSR count). The number of oxime groups is 1. The van der Waals surface area contributed by atoms with Gasteiger partial charge in [-0.05, 0) is 44.7 Å². The molecule has 268 valence electrons. The number of thioether (sulfide) groups is 2. The molecule has 2 aromatic rings. The smallest absolute Gasteiger partial charge is 0.347 e. The lowest BCUT2D eigenvalue weighted by Gasteiger charge is -2.53. The van der Waals surface area contributed by atoms with Gasteiger partial charge in [0, 0.05) is 68.9 Å². The minimum Gasteiger partial charge on any atom is -0.481 e. The van der Waals surface area contributed by atoms with E-state index in [9.17, 15) is 24.3 Å². The highest BCUT2D eigenvalue weighted by molar-refractivity contribution is 8.00. The molecular formula is C27H40N12O7S3. The van der Waals surface area contributed by atoms with Crippen LogP contribution in [0.15, 0.2) is 10.3 Å². The number of amides is 2. The van der Waals surface area contributed by atoms with Crippen molar-refractivity contribution in [2.45, 2.75) is 55.9 Å². The van der Waals surface area contributed by atoms with Crippen LogP contribution in [0.5, 0.6) is 0 Å². The first kappa shape index (κ1) is 36.7. The van der Waals surface area contributed by atoms with Crippen LogP contribution in [0, 0.1) is 5.41 Å². The largest absolute Gasteiger partial charge is 0.481 e. The second-order valence-corrected chi connectivity index (χ2v) is 15.8. The van der Waals surface area contributed by atoms with E-state index in [0.29, 0.717) is 11.7 Å². The number of likely N-dealkylation sites (N-methyl/N-ethyl adjacent to an activating group) is 1. The summed E-state index contributed by atoms with van der Waals surface area (Å²) in [5.74, 6) is -2.84. The lowest BCUT2D eigenvalue weighted by atomic mass is 9.89. The van der Waals surface area contributed by atoms with Crippen LogP contribution in [0.3, 0.4) is 0 Å². The van der Waals surface area contributed by atoms with Crippen molar-refractivity contribution in [3.63, 3.8) is 0 Å². The second-order valence-electron chi connectivity index (χ2n) is 12.9. The van der Waals surface area contributed by atoms with Crippen LogP contribution in [-0.2, 0) is 35.3 Å². The number of piperazine rings is 1. The molecule has 2 amide bonds. The van der Waals surface area contributed by atoms with Gasteiger partial charge in [0.05, 0.1) is 0 Å². The van der Waals surface area contributed by atoms with Gasteiger partial charge < -0.3 is 40.4 Å². The van der Waals surface area contributed by atoms with E-state index < -0.39 is 52.8 Å². The highest BCUT2D eigenvalue weighted by atomic mass is 32.2. The van der Waals surface area contributed by atoms with E-state index in [1.807, 2.05) is 0 Å². The fourth-order valence-corrected chi connectivity index (χ4v) is 8.51. The van der Waals surface area contributed by atoms with E-state index in [4.69, 9.17) is 15.3 Å². The van der Waals surface area contributed by atoms with Crippen LogP contribution in [0.4, 0.5) is 5.13 Å². The van der Waals surface area contributed by atoms with Crippen LogP contribution in [0.25, 0.3) is 0 Å². The highest BCUT2D eigenvalue weighted by Crippen LogP contribution is 2.44. The van der Waals surface area contributed by atoms with Crippen molar-refractivity contribution in [2.75, 3.05) is 70.2 Å². The zero-order chi connectivity index (χ0) is 35.3. The maximum absolute atomic E-state index is 13.3. The Balaban J connectivity index is 1.16. The Morgan fingerprint density at radius 1 is 1.20 bits per heavy atom. The highest BCUT2D eigenvalue weighted by Gasteiger charge is 2.57. The SMILES string of the molecule is CN1CCN(CCCn2nnnc2SCC2(C(=O)O)CS[C@@H]3C(NC(=O)C(=NOCC(=O)OC(C)(C)C)c4nsc(N)n4)C(=O)N3C2)CC1. The van der Waals surface area contributed by atoms with Gasteiger partial charge in [-0.3, -0.25) is 14.4 Å². The number of carboxylic acids is 1. The first-order valence-electron chi connectivity index (χ1n) is 15.5. The van der Waals surface area contributed by atoms with Gasteiger partial charge >= 0.3 is 11.9 Å². The monoisotopic (exact) mass is 740 g/mol. The molecule has 3 aliphatic rings. The van der Waals surface area contributed by atoms with E-state index in [1.54, 1.807) is 25.5 Å². The Morgan fingerprint density at radius 2 is 1.96 bits per heavy atom. The molecule has 0 radical (unpaired) electrons. The average molecular weight is 741 g/mol. The van der Waals surface area contributed by atoms with Crippen LogP contribution < -0.4 is 11.1 Å².